The molecule has 3 rings (SSSR count). The average molecular weight is 353 g/mol. The van der Waals surface area contributed by atoms with E-state index >= 15 is 0 Å². The molecule has 2 aromatic rings. The van der Waals surface area contributed by atoms with E-state index in [1.54, 1.807) is 0 Å². The van der Waals surface area contributed by atoms with E-state index < -0.39 is 6.04 Å². The van der Waals surface area contributed by atoms with E-state index in [-0.39, 0.29) is 5.91 Å². The first-order valence-electron chi connectivity index (χ1n) is 9.16. The number of benzene rings is 2. The van der Waals surface area contributed by atoms with Gasteiger partial charge >= 0.3 is 0 Å². The van der Waals surface area contributed by atoms with Crippen LogP contribution in [0, 0.1) is 0 Å². The zero-order chi connectivity index (χ0) is 18.2. The molecule has 5 nitrogen and oxygen atoms in total. The fourth-order valence-corrected chi connectivity index (χ4v) is 3.16. The van der Waals surface area contributed by atoms with Gasteiger partial charge in [-0.25, -0.2) is 0 Å². The molecule has 0 aromatic heterocycles. The Morgan fingerprint density at radius 1 is 1.04 bits per heavy atom. The predicted molar refractivity (Wildman–Crippen MR) is 103 cm³/mol. The Morgan fingerprint density at radius 3 is 2.42 bits per heavy atom. The van der Waals surface area contributed by atoms with Crippen LogP contribution in [0.4, 0.5) is 0 Å². The van der Waals surface area contributed by atoms with Gasteiger partial charge in [0.2, 0.25) is 5.91 Å². The minimum absolute atomic E-state index is 0.116. The van der Waals surface area contributed by atoms with Crippen molar-refractivity contribution in [1.29, 1.82) is 0 Å². The molecule has 1 fully saturated rings. The molecule has 1 amide bonds. The van der Waals surface area contributed by atoms with Crippen LogP contribution in [-0.2, 0) is 29.0 Å². The molecule has 1 heterocycles. The number of hydrogen-bond donors (Lipinski definition) is 2. The fourth-order valence-electron chi connectivity index (χ4n) is 3.16. The molecule has 1 aliphatic rings. The van der Waals surface area contributed by atoms with Crippen molar-refractivity contribution in [2.24, 2.45) is 5.73 Å². The summed E-state index contributed by atoms with van der Waals surface area (Å²) in [6.45, 7) is 4.85. The van der Waals surface area contributed by atoms with Crippen LogP contribution in [0.5, 0.6) is 0 Å². The van der Waals surface area contributed by atoms with E-state index in [0.717, 1.165) is 44.0 Å². The van der Waals surface area contributed by atoms with Gasteiger partial charge in [0.15, 0.2) is 0 Å². The molecule has 0 spiro atoms. The Bertz CT molecular complexity index is 699. The van der Waals surface area contributed by atoms with Crippen LogP contribution >= 0.6 is 0 Å². The van der Waals surface area contributed by atoms with Crippen molar-refractivity contribution in [2.75, 3.05) is 26.3 Å². The monoisotopic (exact) mass is 353 g/mol. The van der Waals surface area contributed by atoms with Crippen molar-refractivity contribution in [3.05, 3.63) is 71.3 Å². The van der Waals surface area contributed by atoms with Gasteiger partial charge in [0.1, 0.15) is 0 Å². The molecule has 1 saturated heterocycles. The van der Waals surface area contributed by atoms with Crippen molar-refractivity contribution in [2.45, 2.75) is 25.6 Å². The zero-order valence-electron chi connectivity index (χ0n) is 15.1. The molecule has 0 aliphatic carbocycles. The van der Waals surface area contributed by atoms with E-state index in [9.17, 15) is 4.79 Å². The lowest BCUT2D eigenvalue weighted by atomic mass is 10.0. The average Bonchev–Trinajstić information content (AvgIpc) is 2.68. The molecular weight excluding hydrogens is 326 g/mol. The van der Waals surface area contributed by atoms with Gasteiger partial charge in [-0.05, 0) is 23.1 Å². The summed E-state index contributed by atoms with van der Waals surface area (Å²) in [6.07, 6.45) is 0.544. The van der Waals surface area contributed by atoms with Crippen molar-refractivity contribution in [3.8, 4) is 0 Å². The van der Waals surface area contributed by atoms with Crippen LogP contribution in [0.1, 0.15) is 16.7 Å². The number of carbonyl (C=O) groups is 1. The van der Waals surface area contributed by atoms with Crippen molar-refractivity contribution >= 4 is 5.91 Å². The van der Waals surface area contributed by atoms with Crippen LogP contribution in [0.25, 0.3) is 0 Å². The molecule has 5 heteroatoms. The molecule has 138 valence electrons. The topological polar surface area (TPSA) is 67.6 Å². The molecular formula is C21H27N3O2. The summed E-state index contributed by atoms with van der Waals surface area (Å²) in [5.74, 6) is -0.116. The maximum absolute atomic E-state index is 12.4. The first kappa shape index (κ1) is 18.6. The smallest absolute Gasteiger partial charge is 0.237 e. The summed E-state index contributed by atoms with van der Waals surface area (Å²) >= 11 is 0. The second-order valence-electron chi connectivity index (χ2n) is 6.67. The summed E-state index contributed by atoms with van der Waals surface area (Å²) < 4.78 is 5.41. The van der Waals surface area contributed by atoms with Gasteiger partial charge < -0.3 is 15.8 Å². The lowest BCUT2D eigenvalue weighted by molar-refractivity contribution is -0.122. The van der Waals surface area contributed by atoms with Gasteiger partial charge in [0, 0.05) is 26.2 Å². The number of nitrogens with two attached hydrogens (primary N) is 1. The Labute approximate surface area is 155 Å². The van der Waals surface area contributed by atoms with Gasteiger partial charge in [-0.2, -0.15) is 0 Å². The van der Waals surface area contributed by atoms with Crippen molar-refractivity contribution in [3.63, 3.8) is 0 Å². The molecule has 2 aromatic carbocycles. The van der Waals surface area contributed by atoms with Gasteiger partial charge in [0.25, 0.3) is 0 Å². The number of carbonyl (C=O) groups excluding carboxylic acids is 1. The van der Waals surface area contributed by atoms with Crippen LogP contribution in [0.15, 0.2) is 54.6 Å². The highest BCUT2D eigenvalue weighted by atomic mass is 16.5. The van der Waals surface area contributed by atoms with E-state index in [0.29, 0.717) is 13.0 Å². The second-order valence-corrected chi connectivity index (χ2v) is 6.67. The molecule has 1 unspecified atom stereocenters. The SMILES string of the molecule is NC(Cc1ccccc1)C(=O)NCc1ccccc1CN1CCOCC1. The zero-order valence-corrected chi connectivity index (χ0v) is 15.1. The second kappa shape index (κ2) is 9.48. The van der Waals surface area contributed by atoms with E-state index in [4.69, 9.17) is 10.5 Å². The van der Waals surface area contributed by atoms with Gasteiger partial charge in [-0.15, -0.1) is 0 Å². The third-order valence-corrected chi connectivity index (χ3v) is 4.70. The largest absolute Gasteiger partial charge is 0.379 e. The number of nitrogens with one attached hydrogen (secondary N) is 1. The molecule has 0 saturated carbocycles. The van der Waals surface area contributed by atoms with E-state index in [1.165, 1.54) is 5.56 Å². The number of hydrogen-bond acceptors (Lipinski definition) is 4. The highest BCUT2D eigenvalue weighted by Gasteiger charge is 2.16. The summed E-state index contributed by atoms with van der Waals surface area (Å²) in [7, 11) is 0. The van der Waals surface area contributed by atoms with Crippen LogP contribution in [-0.4, -0.2) is 43.2 Å². The van der Waals surface area contributed by atoms with Crippen LogP contribution in [0.3, 0.4) is 0 Å². The quantitative estimate of drug-likeness (QED) is 0.795. The first-order chi connectivity index (χ1) is 12.7. The van der Waals surface area contributed by atoms with E-state index in [1.807, 2.05) is 42.5 Å². The minimum atomic E-state index is -0.538. The summed E-state index contributed by atoms with van der Waals surface area (Å²) in [6, 6.07) is 17.6. The third kappa shape index (κ3) is 5.39. The molecule has 3 N–H and O–H groups in total. The summed E-state index contributed by atoms with van der Waals surface area (Å²) in [5, 5.41) is 2.99. The van der Waals surface area contributed by atoms with Gasteiger partial charge in [-0.3, -0.25) is 9.69 Å². The first-order valence-corrected chi connectivity index (χ1v) is 9.16. The highest BCUT2D eigenvalue weighted by molar-refractivity contribution is 5.81. The standard InChI is InChI=1S/C21H27N3O2/c22-20(14-17-6-2-1-3-7-17)21(25)23-15-18-8-4-5-9-19(18)16-24-10-12-26-13-11-24/h1-9,20H,10-16,22H2,(H,23,25). The Kier molecular flexibility index (Phi) is 6.77. The molecule has 1 atom stereocenters. The number of ether oxygens (including phenoxy) is 1. The van der Waals surface area contributed by atoms with E-state index in [2.05, 4.69) is 22.3 Å². The molecule has 26 heavy (non-hydrogen) atoms. The Balaban J connectivity index is 1.54. The molecule has 0 radical (unpaired) electrons. The normalized spacial score (nSPS) is 16.2. The fraction of sp³-hybridized carbons (Fsp3) is 0.381. The van der Waals surface area contributed by atoms with Gasteiger partial charge in [0.05, 0.1) is 19.3 Å². The summed E-state index contributed by atoms with van der Waals surface area (Å²) in [5.41, 5.74) is 9.52. The maximum Gasteiger partial charge on any atom is 0.237 e. The lowest BCUT2D eigenvalue weighted by Crippen LogP contribution is -2.42. The Morgan fingerprint density at radius 2 is 1.69 bits per heavy atom. The maximum atomic E-state index is 12.4. The summed E-state index contributed by atoms with van der Waals surface area (Å²) in [4.78, 5) is 14.7. The molecule has 1 aliphatic heterocycles. The van der Waals surface area contributed by atoms with Gasteiger partial charge in [-0.1, -0.05) is 54.6 Å². The number of nitrogens with zero attached hydrogens (tertiary/aromatic N) is 1. The van der Waals surface area contributed by atoms with Crippen molar-refractivity contribution in [1.82, 2.24) is 10.2 Å². The molecule has 0 bridgehead atoms. The predicted octanol–water partition coefficient (Wildman–Crippen LogP) is 1.70. The highest BCUT2D eigenvalue weighted by Crippen LogP contribution is 2.13. The lowest BCUT2D eigenvalue weighted by Gasteiger charge is -2.27. The third-order valence-electron chi connectivity index (χ3n) is 4.70. The Hall–Kier alpha value is -2.21. The number of rotatable bonds is 7. The van der Waals surface area contributed by atoms with Crippen LogP contribution in [0.2, 0.25) is 0 Å². The number of amides is 1. The number of morpholine rings is 1. The minimum Gasteiger partial charge on any atom is -0.379 e. The van der Waals surface area contributed by atoms with Crippen LogP contribution < -0.4 is 11.1 Å². The van der Waals surface area contributed by atoms with Crippen molar-refractivity contribution < 1.29 is 9.53 Å².